The molecule has 2 aliphatic rings. The van der Waals surface area contributed by atoms with Gasteiger partial charge in [-0.15, -0.1) is 24.8 Å². The van der Waals surface area contributed by atoms with Crippen molar-refractivity contribution in [1.29, 1.82) is 0 Å². The minimum absolute atomic E-state index is 0. The standard InChI is InChI=1S/C15H21N3O.2ClH/c1-18-5-4-11(10-18)7-17-15(19)12-2-3-13-8-16-9-14(13)6-12;;/h2-3,6,11,16H,4-5,7-10H2,1H3,(H,17,19);2*1H. The topological polar surface area (TPSA) is 44.4 Å². The zero-order valence-corrected chi connectivity index (χ0v) is 13.9. The van der Waals surface area contributed by atoms with Gasteiger partial charge < -0.3 is 15.5 Å². The molecule has 21 heavy (non-hydrogen) atoms. The fraction of sp³-hybridized carbons (Fsp3) is 0.533. The molecule has 1 atom stereocenters. The van der Waals surface area contributed by atoms with Crippen LogP contribution >= 0.6 is 24.8 Å². The lowest BCUT2D eigenvalue weighted by Gasteiger charge is -2.12. The second-order valence-electron chi connectivity index (χ2n) is 5.71. The quantitative estimate of drug-likeness (QED) is 0.887. The van der Waals surface area contributed by atoms with E-state index in [2.05, 4.69) is 28.6 Å². The van der Waals surface area contributed by atoms with Gasteiger partial charge in [-0.05, 0) is 49.2 Å². The van der Waals surface area contributed by atoms with Crippen molar-refractivity contribution in [2.24, 2.45) is 5.92 Å². The van der Waals surface area contributed by atoms with E-state index in [1.165, 1.54) is 17.5 Å². The van der Waals surface area contributed by atoms with Gasteiger partial charge in [0.15, 0.2) is 0 Å². The minimum Gasteiger partial charge on any atom is -0.352 e. The Bertz CT molecular complexity index is 496. The summed E-state index contributed by atoms with van der Waals surface area (Å²) in [4.78, 5) is 14.5. The van der Waals surface area contributed by atoms with Crippen LogP contribution in [0.15, 0.2) is 18.2 Å². The van der Waals surface area contributed by atoms with Crippen LogP contribution in [-0.2, 0) is 13.1 Å². The van der Waals surface area contributed by atoms with Gasteiger partial charge in [0.2, 0.25) is 0 Å². The number of carbonyl (C=O) groups is 1. The molecule has 1 aromatic carbocycles. The summed E-state index contributed by atoms with van der Waals surface area (Å²) < 4.78 is 0. The number of hydrogen-bond acceptors (Lipinski definition) is 3. The normalized spacial score (nSPS) is 20.3. The summed E-state index contributed by atoms with van der Waals surface area (Å²) in [5.41, 5.74) is 3.36. The Morgan fingerprint density at radius 2 is 2.10 bits per heavy atom. The third-order valence-electron chi connectivity index (χ3n) is 4.14. The highest BCUT2D eigenvalue weighted by Crippen LogP contribution is 2.17. The van der Waals surface area contributed by atoms with Crippen molar-refractivity contribution in [2.75, 3.05) is 26.7 Å². The fourth-order valence-corrected chi connectivity index (χ4v) is 2.97. The van der Waals surface area contributed by atoms with Gasteiger partial charge in [0.1, 0.15) is 0 Å². The lowest BCUT2D eigenvalue weighted by atomic mass is 10.1. The molecule has 0 spiro atoms. The van der Waals surface area contributed by atoms with Gasteiger partial charge in [-0.1, -0.05) is 6.07 Å². The van der Waals surface area contributed by atoms with Crippen molar-refractivity contribution in [3.63, 3.8) is 0 Å². The monoisotopic (exact) mass is 331 g/mol. The number of rotatable bonds is 3. The third kappa shape index (κ3) is 4.33. The summed E-state index contributed by atoms with van der Waals surface area (Å²) in [6.45, 7) is 4.83. The number of amides is 1. The smallest absolute Gasteiger partial charge is 0.251 e. The molecule has 3 rings (SSSR count). The molecule has 4 nitrogen and oxygen atoms in total. The molecule has 2 aliphatic heterocycles. The van der Waals surface area contributed by atoms with E-state index in [9.17, 15) is 4.79 Å². The van der Waals surface area contributed by atoms with Gasteiger partial charge in [-0.25, -0.2) is 0 Å². The van der Waals surface area contributed by atoms with E-state index in [4.69, 9.17) is 0 Å². The predicted molar refractivity (Wildman–Crippen MR) is 89.4 cm³/mol. The lowest BCUT2D eigenvalue weighted by Crippen LogP contribution is -2.30. The highest BCUT2D eigenvalue weighted by atomic mass is 35.5. The van der Waals surface area contributed by atoms with Crippen LogP contribution in [0, 0.1) is 5.92 Å². The molecule has 1 amide bonds. The van der Waals surface area contributed by atoms with Gasteiger partial charge in [-0.3, -0.25) is 4.79 Å². The number of fused-ring (bicyclic) bond motifs is 1. The molecule has 2 N–H and O–H groups in total. The Hall–Kier alpha value is -0.810. The number of hydrogen-bond donors (Lipinski definition) is 2. The second kappa shape index (κ2) is 7.99. The highest BCUT2D eigenvalue weighted by Gasteiger charge is 2.20. The van der Waals surface area contributed by atoms with Crippen molar-refractivity contribution in [3.05, 3.63) is 34.9 Å². The first-order valence-electron chi connectivity index (χ1n) is 7.01. The van der Waals surface area contributed by atoms with Gasteiger partial charge >= 0.3 is 0 Å². The van der Waals surface area contributed by atoms with Crippen LogP contribution in [0.5, 0.6) is 0 Å². The molecular formula is C15H23Cl2N3O. The van der Waals surface area contributed by atoms with Crippen LogP contribution in [0.1, 0.15) is 27.9 Å². The predicted octanol–water partition coefficient (Wildman–Crippen LogP) is 1.81. The Balaban J connectivity index is 0.00000110. The van der Waals surface area contributed by atoms with Crippen LogP contribution in [-0.4, -0.2) is 37.5 Å². The van der Waals surface area contributed by atoms with Crippen LogP contribution in [0.25, 0.3) is 0 Å². The molecule has 0 saturated carbocycles. The molecule has 118 valence electrons. The average molecular weight is 332 g/mol. The SMILES string of the molecule is CN1CCC(CNC(=O)c2ccc3c(c2)CNC3)C1.Cl.Cl. The first kappa shape index (κ1) is 18.2. The minimum atomic E-state index is 0. The van der Waals surface area contributed by atoms with Gasteiger partial charge in [0, 0.05) is 31.7 Å². The molecule has 0 aromatic heterocycles. The van der Waals surface area contributed by atoms with Crippen LogP contribution in [0.2, 0.25) is 0 Å². The number of halogens is 2. The molecule has 1 fully saturated rings. The van der Waals surface area contributed by atoms with Crippen LogP contribution in [0.3, 0.4) is 0 Å². The van der Waals surface area contributed by atoms with E-state index in [1.54, 1.807) is 0 Å². The van der Waals surface area contributed by atoms with Crippen molar-refractivity contribution in [3.8, 4) is 0 Å². The highest BCUT2D eigenvalue weighted by molar-refractivity contribution is 5.94. The molecule has 0 radical (unpaired) electrons. The molecule has 1 aromatic rings. The van der Waals surface area contributed by atoms with Crippen LogP contribution in [0.4, 0.5) is 0 Å². The zero-order chi connectivity index (χ0) is 13.2. The van der Waals surface area contributed by atoms with Crippen molar-refractivity contribution >= 4 is 30.7 Å². The Kier molecular flexibility index (Phi) is 6.94. The van der Waals surface area contributed by atoms with Gasteiger partial charge in [0.05, 0.1) is 0 Å². The van der Waals surface area contributed by atoms with Crippen molar-refractivity contribution in [2.45, 2.75) is 19.5 Å². The molecule has 1 unspecified atom stereocenters. The lowest BCUT2D eigenvalue weighted by molar-refractivity contribution is 0.0947. The molecule has 2 heterocycles. The molecule has 1 saturated heterocycles. The molecular weight excluding hydrogens is 309 g/mol. The van der Waals surface area contributed by atoms with E-state index < -0.39 is 0 Å². The number of nitrogens with zero attached hydrogens (tertiary/aromatic N) is 1. The van der Waals surface area contributed by atoms with Gasteiger partial charge in [0.25, 0.3) is 5.91 Å². The maximum atomic E-state index is 12.1. The van der Waals surface area contributed by atoms with E-state index in [-0.39, 0.29) is 30.7 Å². The van der Waals surface area contributed by atoms with Crippen molar-refractivity contribution in [1.82, 2.24) is 15.5 Å². The summed E-state index contributed by atoms with van der Waals surface area (Å²) in [5, 5.41) is 6.36. The van der Waals surface area contributed by atoms with Crippen molar-refractivity contribution < 1.29 is 4.79 Å². The average Bonchev–Trinajstić information content (AvgIpc) is 3.03. The number of benzene rings is 1. The summed E-state index contributed by atoms with van der Waals surface area (Å²) >= 11 is 0. The summed E-state index contributed by atoms with van der Waals surface area (Å²) in [5.74, 6) is 0.661. The number of likely N-dealkylation sites (tertiary alicyclic amines) is 1. The Labute approximate surface area is 138 Å². The maximum absolute atomic E-state index is 12.1. The maximum Gasteiger partial charge on any atom is 0.251 e. The second-order valence-corrected chi connectivity index (χ2v) is 5.71. The Morgan fingerprint density at radius 1 is 1.33 bits per heavy atom. The zero-order valence-electron chi connectivity index (χ0n) is 12.2. The third-order valence-corrected chi connectivity index (χ3v) is 4.14. The van der Waals surface area contributed by atoms with E-state index in [1.807, 2.05) is 12.1 Å². The summed E-state index contributed by atoms with van der Waals surface area (Å²) in [6, 6.07) is 6.01. The van der Waals surface area contributed by atoms with E-state index in [0.717, 1.165) is 38.3 Å². The summed E-state index contributed by atoms with van der Waals surface area (Å²) in [6.07, 6.45) is 1.19. The first-order chi connectivity index (χ1) is 9.22. The van der Waals surface area contributed by atoms with E-state index in [0.29, 0.717) is 5.92 Å². The first-order valence-corrected chi connectivity index (χ1v) is 7.01. The molecule has 0 bridgehead atoms. The number of nitrogens with one attached hydrogen (secondary N) is 2. The molecule has 0 aliphatic carbocycles. The fourth-order valence-electron chi connectivity index (χ4n) is 2.97. The number of carbonyl (C=O) groups excluding carboxylic acids is 1. The largest absolute Gasteiger partial charge is 0.352 e. The van der Waals surface area contributed by atoms with E-state index >= 15 is 0 Å². The molecule has 6 heteroatoms. The van der Waals surface area contributed by atoms with Gasteiger partial charge in [-0.2, -0.15) is 0 Å². The summed E-state index contributed by atoms with van der Waals surface area (Å²) in [7, 11) is 2.13. The Morgan fingerprint density at radius 3 is 2.81 bits per heavy atom. The van der Waals surface area contributed by atoms with Crippen LogP contribution < -0.4 is 10.6 Å².